The molecule has 11 heavy (non-hydrogen) atoms. The maximum absolute atomic E-state index is 4.92. The minimum absolute atomic E-state index is 0. The first-order valence-electron chi connectivity index (χ1n) is 2.97. The first-order valence-corrected chi connectivity index (χ1v) is 2.97. The molecule has 0 heterocycles. The smallest absolute Gasteiger partial charge is 0.522 e. The largest absolute Gasteiger partial charge is 1.00 e. The SMILES string of the molecule is COc1[c-]c(OC)ccc1.[Li+]. The fourth-order valence-corrected chi connectivity index (χ4v) is 0.666. The van der Waals surface area contributed by atoms with Crippen LogP contribution in [0.5, 0.6) is 11.5 Å². The van der Waals surface area contributed by atoms with E-state index in [9.17, 15) is 0 Å². The Morgan fingerprint density at radius 2 is 1.55 bits per heavy atom. The second-order valence-electron chi connectivity index (χ2n) is 1.79. The molecule has 1 aromatic rings. The van der Waals surface area contributed by atoms with Crippen molar-refractivity contribution in [2.24, 2.45) is 0 Å². The molecule has 0 fully saturated rings. The van der Waals surface area contributed by atoms with E-state index in [1.54, 1.807) is 14.2 Å². The molecule has 0 aliphatic rings. The molecule has 1 rings (SSSR count). The first kappa shape index (κ1) is 10.4. The molecular weight excluding hydrogens is 135 g/mol. The molecule has 0 aromatic heterocycles. The Balaban J connectivity index is 0.000001000. The Hall–Kier alpha value is -0.583. The molecule has 1 aromatic carbocycles. The van der Waals surface area contributed by atoms with Crippen molar-refractivity contribution in [2.45, 2.75) is 0 Å². The van der Waals surface area contributed by atoms with Crippen molar-refractivity contribution < 1.29 is 28.3 Å². The molecule has 0 saturated carbocycles. The van der Waals surface area contributed by atoms with Gasteiger partial charge in [0, 0.05) is 11.5 Å². The van der Waals surface area contributed by atoms with Crippen molar-refractivity contribution >= 4 is 0 Å². The van der Waals surface area contributed by atoms with E-state index in [0.717, 1.165) is 0 Å². The van der Waals surface area contributed by atoms with Gasteiger partial charge in [-0.05, 0) is 0 Å². The summed E-state index contributed by atoms with van der Waals surface area (Å²) in [6.45, 7) is 0. The quantitative estimate of drug-likeness (QED) is 0.372. The number of hydrogen-bond donors (Lipinski definition) is 0. The van der Waals surface area contributed by atoms with E-state index in [0.29, 0.717) is 11.5 Å². The van der Waals surface area contributed by atoms with Crippen molar-refractivity contribution in [1.82, 2.24) is 0 Å². The normalized spacial score (nSPS) is 8.18. The molecule has 0 bridgehead atoms. The zero-order valence-electron chi connectivity index (χ0n) is 7.05. The van der Waals surface area contributed by atoms with Crippen molar-refractivity contribution in [3.05, 3.63) is 24.3 Å². The monoisotopic (exact) mass is 144 g/mol. The Bertz CT molecular complexity index is 194. The van der Waals surface area contributed by atoms with Gasteiger partial charge in [0.2, 0.25) is 0 Å². The summed E-state index contributed by atoms with van der Waals surface area (Å²) >= 11 is 0. The number of benzene rings is 1. The van der Waals surface area contributed by atoms with Crippen LogP contribution in [0.1, 0.15) is 0 Å². The van der Waals surface area contributed by atoms with E-state index in [4.69, 9.17) is 9.47 Å². The average molecular weight is 144 g/mol. The van der Waals surface area contributed by atoms with E-state index in [-0.39, 0.29) is 18.9 Å². The minimum Gasteiger partial charge on any atom is -0.522 e. The van der Waals surface area contributed by atoms with Crippen LogP contribution in [0.3, 0.4) is 0 Å². The zero-order chi connectivity index (χ0) is 7.40. The van der Waals surface area contributed by atoms with E-state index in [1.165, 1.54) is 0 Å². The third kappa shape index (κ3) is 2.88. The Morgan fingerprint density at radius 1 is 1.09 bits per heavy atom. The molecule has 0 spiro atoms. The summed E-state index contributed by atoms with van der Waals surface area (Å²) < 4.78 is 9.84. The number of methoxy groups -OCH3 is 2. The molecule has 0 N–H and O–H groups in total. The van der Waals surface area contributed by atoms with Crippen LogP contribution in [0.4, 0.5) is 0 Å². The van der Waals surface area contributed by atoms with Crippen LogP contribution in [0.25, 0.3) is 0 Å². The van der Waals surface area contributed by atoms with Crippen LogP contribution in [-0.2, 0) is 0 Å². The van der Waals surface area contributed by atoms with Crippen LogP contribution in [0.15, 0.2) is 18.2 Å². The molecule has 0 unspecified atom stereocenters. The maximum atomic E-state index is 4.92. The Kier molecular flexibility index (Phi) is 4.85. The second kappa shape index (κ2) is 5.12. The van der Waals surface area contributed by atoms with Gasteiger partial charge in [-0.3, -0.25) is 0 Å². The summed E-state index contributed by atoms with van der Waals surface area (Å²) in [5, 5.41) is 0. The zero-order valence-corrected chi connectivity index (χ0v) is 7.05. The summed E-state index contributed by atoms with van der Waals surface area (Å²) in [7, 11) is 3.20. The summed E-state index contributed by atoms with van der Waals surface area (Å²) in [5.41, 5.74) is 0. The summed E-state index contributed by atoms with van der Waals surface area (Å²) in [6.07, 6.45) is 0. The summed E-state index contributed by atoms with van der Waals surface area (Å²) in [4.78, 5) is 0. The van der Waals surface area contributed by atoms with Crippen LogP contribution in [-0.4, -0.2) is 14.2 Å². The molecule has 0 radical (unpaired) electrons. The molecule has 0 aliphatic carbocycles. The van der Waals surface area contributed by atoms with E-state index in [2.05, 4.69) is 6.07 Å². The van der Waals surface area contributed by atoms with Gasteiger partial charge < -0.3 is 9.47 Å². The van der Waals surface area contributed by atoms with Gasteiger partial charge in [-0.15, -0.1) is 12.1 Å². The molecule has 3 heteroatoms. The number of rotatable bonds is 2. The van der Waals surface area contributed by atoms with Gasteiger partial charge in [0.1, 0.15) is 0 Å². The first-order chi connectivity index (χ1) is 4.86. The molecule has 0 amide bonds. The summed E-state index contributed by atoms with van der Waals surface area (Å²) in [5.74, 6) is 1.39. The molecular formula is C8H9LiO2. The standard InChI is InChI=1S/C8H9O2.Li/c1-9-7-4-3-5-8(6-7)10-2;/h3-5H,1-2H3;/q-1;+1. The fourth-order valence-electron chi connectivity index (χ4n) is 0.666. The van der Waals surface area contributed by atoms with Crippen molar-refractivity contribution in [3.8, 4) is 11.5 Å². The second-order valence-corrected chi connectivity index (χ2v) is 1.79. The van der Waals surface area contributed by atoms with Gasteiger partial charge in [-0.2, -0.15) is 6.07 Å². The average Bonchev–Trinajstić information content (AvgIpc) is 2.05. The van der Waals surface area contributed by atoms with Gasteiger partial charge >= 0.3 is 18.9 Å². The molecule has 0 saturated heterocycles. The fraction of sp³-hybridized carbons (Fsp3) is 0.250. The predicted molar refractivity (Wildman–Crippen MR) is 38.4 cm³/mol. The Morgan fingerprint density at radius 3 is 1.91 bits per heavy atom. The Labute approximate surface area is 78.7 Å². The molecule has 2 nitrogen and oxygen atoms in total. The number of ether oxygens (including phenoxy) is 2. The van der Waals surface area contributed by atoms with E-state index in [1.807, 2.05) is 18.2 Å². The predicted octanol–water partition coefficient (Wildman–Crippen LogP) is -1.49. The molecule has 0 aliphatic heterocycles. The molecule has 54 valence electrons. The maximum Gasteiger partial charge on any atom is 1.00 e. The van der Waals surface area contributed by atoms with E-state index < -0.39 is 0 Å². The topological polar surface area (TPSA) is 18.5 Å². The van der Waals surface area contributed by atoms with Gasteiger partial charge in [0.15, 0.2) is 0 Å². The van der Waals surface area contributed by atoms with Crippen LogP contribution in [0, 0.1) is 6.07 Å². The summed E-state index contributed by atoms with van der Waals surface area (Å²) in [6, 6.07) is 8.40. The van der Waals surface area contributed by atoms with Crippen molar-refractivity contribution in [3.63, 3.8) is 0 Å². The van der Waals surface area contributed by atoms with Crippen molar-refractivity contribution in [2.75, 3.05) is 14.2 Å². The minimum atomic E-state index is 0. The molecule has 0 atom stereocenters. The van der Waals surface area contributed by atoms with Gasteiger partial charge in [-0.25, -0.2) is 0 Å². The third-order valence-corrected chi connectivity index (χ3v) is 1.18. The van der Waals surface area contributed by atoms with Crippen LogP contribution < -0.4 is 28.3 Å². The third-order valence-electron chi connectivity index (χ3n) is 1.18. The number of hydrogen-bond acceptors (Lipinski definition) is 2. The van der Waals surface area contributed by atoms with Crippen molar-refractivity contribution in [1.29, 1.82) is 0 Å². The van der Waals surface area contributed by atoms with Crippen LogP contribution >= 0.6 is 0 Å². The van der Waals surface area contributed by atoms with Gasteiger partial charge in [0.25, 0.3) is 0 Å². The van der Waals surface area contributed by atoms with Gasteiger partial charge in [-0.1, -0.05) is 6.07 Å². The van der Waals surface area contributed by atoms with Gasteiger partial charge in [0.05, 0.1) is 14.2 Å². The van der Waals surface area contributed by atoms with Crippen LogP contribution in [0.2, 0.25) is 0 Å². The van der Waals surface area contributed by atoms with E-state index >= 15 is 0 Å².